The van der Waals surface area contributed by atoms with Gasteiger partial charge < -0.3 is 14.6 Å². The summed E-state index contributed by atoms with van der Waals surface area (Å²) in [4.78, 5) is 26.2. The Morgan fingerprint density at radius 2 is 1.87 bits per heavy atom. The maximum atomic E-state index is 13.6. The van der Waals surface area contributed by atoms with Crippen LogP contribution in [-0.4, -0.2) is 68.4 Å². The average Bonchev–Trinajstić information content (AvgIpc) is 3.74. The number of methoxy groups -OCH3 is 1. The van der Waals surface area contributed by atoms with Gasteiger partial charge in [0.1, 0.15) is 11.8 Å². The van der Waals surface area contributed by atoms with Gasteiger partial charge in [0.2, 0.25) is 0 Å². The van der Waals surface area contributed by atoms with Crippen LogP contribution in [0.5, 0.6) is 5.75 Å². The summed E-state index contributed by atoms with van der Waals surface area (Å²) in [6, 6.07) is 15.8. The summed E-state index contributed by atoms with van der Waals surface area (Å²) < 4.78 is 8.63. The minimum atomic E-state index is -0.363. The third-order valence-electron chi connectivity index (χ3n) is 8.04. The quantitative estimate of drug-likeness (QED) is 0.341. The van der Waals surface area contributed by atoms with Crippen molar-refractivity contribution in [1.82, 2.24) is 35.1 Å². The summed E-state index contributed by atoms with van der Waals surface area (Å²) in [7, 11) is 1.65. The highest BCUT2D eigenvalue weighted by molar-refractivity contribution is 7.22. The first kappa shape index (κ1) is 24.2. The summed E-state index contributed by atoms with van der Waals surface area (Å²) >= 11 is 1.73. The molecule has 1 aliphatic heterocycles. The number of H-pyrrole nitrogens is 1. The second-order valence-corrected chi connectivity index (χ2v) is 11.3. The topological polar surface area (TPSA) is 105 Å². The molecular weight excluding hydrogens is 512 g/mol. The Morgan fingerprint density at radius 3 is 2.67 bits per heavy atom. The van der Waals surface area contributed by atoms with E-state index in [2.05, 4.69) is 48.5 Å². The van der Waals surface area contributed by atoms with E-state index < -0.39 is 0 Å². The Bertz CT molecular complexity index is 1650. The van der Waals surface area contributed by atoms with Gasteiger partial charge in [0.25, 0.3) is 5.56 Å². The van der Waals surface area contributed by atoms with Crippen LogP contribution in [0.2, 0.25) is 0 Å². The van der Waals surface area contributed by atoms with Crippen LogP contribution < -0.4 is 15.2 Å². The van der Waals surface area contributed by atoms with Gasteiger partial charge in [-0.25, -0.2) is 9.67 Å². The minimum absolute atomic E-state index is 0.118. The van der Waals surface area contributed by atoms with Crippen LogP contribution in [0.25, 0.3) is 21.1 Å². The van der Waals surface area contributed by atoms with Crippen molar-refractivity contribution in [3.8, 4) is 5.75 Å². The van der Waals surface area contributed by atoms with Crippen LogP contribution in [0.15, 0.2) is 53.3 Å². The van der Waals surface area contributed by atoms with Crippen molar-refractivity contribution in [2.45, 2.75) is 37.8 Å². The summed E-state index contributed by atoms with van der Waals surface area (Å²) in [5.41, 5.74) is 2.34. The largest absolute Gasteiger partial charge is 0.497 e. The molecular formula is C28H30N8O2S. The minimum Gasteiger partial charge on any atom is -0.497 e. The van der Waals surface area contributed by atoms with Gasteiger partial charge in [-0.1, -0.05) is 36.3 Å². The van der Waals surface area contributed by atoms with Crippen molar-refractivity contribution in [2.24, 2.45) is 0 Å². The SMILES string of the molecule is COc1ccc2[nH]c(=O)c([C@@H](c3nnnn3C3CCCC3)N3CCN(c4nc5ccccc5s4)CC3)cc2c1. The van der Waals surface area contributed by atoms with Gasteiger partial charge in [-0.15, -0.1) is 5.10 Å². The van der Waals surface area contributed by atoms with E-state index in [1.165, 1.54) is 17.5 Å². The molecule has 2 aliphatic rings. The molecule has 7 rings (SSSR count). The summed E-state index contributed by atoms with van der Waals surface area (Å²) in [5, 5.41) is 15.0. The third kappa shape index (κ3) is 4.45. The highest BCUT2D eigenvalue weighted by Crippen LogP contribution is 2.35. The number of hydrogen-bond donors (Lipinski definition) is 1. The Balaban J connectivity index is 1.26. The number of pyridine rings is 1. The number of piperazine rings is 1. The van der Waals surface area contributed by atoms with Gasteiger partial charge in [-0.2, -0.15) is 0 Å². The second kappa shape index (κ2) is 10.0. The van der Waals surface area contributed by atoms with Gasteiger partial charge in [-0.05, 0) is 59.7 Å². The predicted octanol–water partition coefficient (Wildman–Crippen LogP) is 4.16. The van der Waals surface area contributed by atoms with Gasteiger partial charge in [0.15, 0.2) is 11.0 Å². The fourth-order valence-electron chi connectivity index (χ4n) is 5.99. The van der Waals surface area contributed by atoms with E-state index in [4.69, 9.17) is 9.72 Å². The fourth-order valence-corrected chi connectivity index (χ4v) is 7.00. The van der Waals surface area contributed by atoms with Crippen molar-refractivity contribution in [2.75, 3.05) is 38.2 Å². The van der Waals surface area contributed by atoms with Crippen molar-refractivity contribution >= 4 is 37.6 Å². The highest BCUT2D eigenvalue weighted by Gasteiger charge is 2.35. The van der Waals surface area contributed by atoms with Gasteiger partial charge in [-0.3, -0.25) is 9.69 Å². The standard InChI is InChI=1S/C28H30N8O2S/c1-38-20-10-11-22-18(16-20)17-21(27(37)29-22)25(26-31-32-33-36(26)19-6-2-3-7-19)34-12-14-35(15-13-34)28-30-23-8-4-5-9-24(23)39-28/h4-5,8-11,16-17,19,25H,2-3,6-7,12-15H2,1H3,(H,29,37)/t25-/m0/s1. The lowest BCUT2D eigenvalue weighted by Gasteiger charge is -2.38. The van der Waals surface area contributed by atoms with Gasteiger partial charge in [0, 0.05) is 42.6 Å². The molecule has 0 radical (unpaired) electrons. The van der Waals surface area contributed by atoms with Crippen LogP contribution in [0, 0.1) is 0 Å². The molecule has 0 bridgehead atoms. The molecule has 2 aromatic carbocycles. The van der Waals surface area contributed by atoms with Crippen LogP contribution in [-0.2, 0) is 0 Å². The van der Waals surface area contributed by atoms with E-state index in [0.29, 0.717) is 5.56 Å². The molecule has 5 aromatic rings. The molecule has 1 saturated heterocycles. The Hall–Kier alpha value is -3.83. The number of para-hydroxylation sites is 1. The lowest BCUT2D eigenvalue weighted by molar-refractivity contribution is 0.197. The molecule has 1 N–H and O–H groups in total. The summed E-state index contributed by atoms with van der Waals surface area (Å²) in [5.74, 6) is 1.49. The second-order valence-electron chi connectivity index (χ2n) is 10.3. The lowest BCUT2D eigenvalue weighted by atomic mass is 10.0. The predicted molar refractivity (Wildman–Crippen MR) is 152 cm³/mol. The number of nitrogens with zero attached hydrogens (tertiary/aromatic N) is 7. The number of aromatic nitrogens is 6. The number of tetrazole rings is 1. The summed E-state index contributed by atoms with van der Waals surface area (Å²) in [6.45, 7) is 3.13. The van der Waals surface area contributed by atoms with E-state index in [-0.39, 0.29) is 17.6 Å². The van der Waals surface area contributed by atoms with E-state index in [1.807, 2.05) is 35.0 Å². The molecule has 1 aliphatic carbocycles. The van der Waals surface area contributed by atoms with Crippen molar-refractivity contribution < 1.29 is 4.74 Å². The number of thiazole rings is 1. The number of anilines is 1. The molecule has 1 atom stereocenters. The number of benzene rings is 2. The molecule has 0 unspecified atom stereocenters. The van der Waals surface area contributed by atoms with Crippen LogP contribution >= 0.6 is 11.3 Å². The molecule has 10 nitrogen and oxygen atoms in total. The van der Waals surface area contributed by atoms with E-state index in [1.54, 1.807) is 18.4 Å². The fraction of sp³-hybridized carbons (Fsp3) is 0.393. The molecule has 200 valence electrons. The Labute approximate surface area is 229 Å². The van der Waals surface area contributed by atoms with E-state index in [9.17, 15) is 4.79 Å². The summed E-state index contributed by atoms with van der Waals surface area (Å²) in [6.07, 6.45) is 4.46. The van der Waals surface area contributed by atoms with E-state index >= 15 is 0 Å². The van der Waals surface area contributed by atoms with Gasteiger partial charge >= 0.3 is 0 Å². The maximum absolute atomic E-state index is 13.6. The Morgan fingerprint density at radius 1 is 1.05 bits per heavy atom. The third-order valence-corrected chi connectivity index (χ3v) is 9.14. The first-order valence-corrected chi connectivity index (χ1v) is 14.3. The first-order chi connectivity index (χ1) is 19.2. The zero-order chi connectivity index (χ0) is 26.3. The van der Waals surface area contributed by atoms with Crippen molar-refractivity contribution in [3.05, 3.63) is 70.3 Å². The smallest absolute Gasteiger partial charge is 0.253 e. The lowest BCUT2D eigenvalue weighted by Crippen LogP contribution is -2.49. The molecule has 11 heteroatoms. The van der Waals surface area contributed by atoms with Crippen LogP contribution in [0.1, 0.15) is 49.2 Å². The molecule has 1 saturated carbocycles. The number of hydrogen-bond acceptors (Lipinski definition) is 9. The molecule has 0 amide bonds. The van der Waals surface area contributed by atoms with Crippen molar-refractivity contribution in [3.63, 3.8) is 0 Å². The molecule has 4 heterocycles. The zero-order valence-corrected chi connectivity index (χ0v) is 22.6. The molecule has 2 fully saturated rings. The number of fused-ring (bicyclic) bond motifs is 2. The highest BCUT2D eigenvalue weighted by atomic mass is 32.1. The average molecular weight is 543 g/mol. The molecule has 0 spiro atoms. The molecule has 39 heavy (non-hydrogen) atoms. The molecule has 3 aromatic heterocycles. The monoisotopic (exact) mass is 542 g/mol. The van der Waals surface area contributed by atoms with Crippen molar-refractivity contribution in [1.29, 1.82) is 0 Å². The number of aromatic amines is 1. The maximum Gasteiger partial charge on any atom is 0.253 e. The first-order valence-electron chi connectivity index (χ1n) is 13.5. The van der Waals surface area contributed by atoms with Crippen LogP contribution in [0.4, 0.5) is 5.13 Å². The van der Waals surface area contributed by atoms with Crippen LogP contribution in [0.3, 0.4) is 0 Å². The number of ether oxygens (including phenoxy) is 1. The Kier molecular flexibility index (Phi) is 6.24. The number of nitrogens with one attached hydrogen (secondary N) is 1. The normalized spacial score (nSPS) is 17.8. The van der Waals surface area contributed by atoms with E-state index in [0.717, 1.165) is 72.1 Å². The number of rotatable bonds is 6. The van der Waals surface area contributed by atoms with Gasteiger partial charge in [0.05, 0.1) is 23.4 Å². The zero-order valence-electron chi connectivity index (χ0n) is 21.8.